The Balaban J connectivity index is 2.11. The van der Waals surface area contributed by atoms with Crippen LogP contribution in [-0.4, -0.2) is 10.9 Å². The Kier molecular flexibility index (Phi) is 3.36. The lowest BCUT2D eigenvalue weighted by molar-refractivity contribution is 0.102. The molecule has 2 rings (SSSR count). The predicted octanol–water partition coefficient (Wildman–Crippen LogP) is 3.47. The molecule has 0 aliphatic rings. The first-order valence-electron chi connectivity index (χ1n) is 4.64. The van der Waals surface area contributed by atoms with Crippen LogP contribution in [0.25, 0.3) is 0 Å². The van der Waals surface area contributed by atoms with Crippen molar-refractivity contribution in [2.24, 2.45) is 0 Å². The molecule has 0 aliphatic heterocycles. The lowest BCUT2D eigenvalue weighted by atomic mass is 10.2. The third-order valence-electron chi connectivity index (χ3n) is 1.95. The molecule has 1 N–H and O–H groups in total. The Labute approximate surface area is 106 Å². The number of benzene rings is 1. The smallest absolute Gasteiger partial charge is 0.257 e. The van der Waals surface area contributed by atoms with E-state index in [4.69, 9.17) is 0 Å². The standard InChI is InChI=1S/C11H9BrN2OS/c1-7-6-13-11(16-7)14-10(15)8-2-4-9(12)5-3-8/h2-6H,1H3,(H,13,14,15). The summed E-state index contributed by atoms with van der Waals surface area (Å²) in [5, 5.41) is 3.38. The van der Waals surface area contributed by atoms with E-state index in [1.165, 1.54) is 11.3 Å². The highest BCUT2D eigenvalue weighted by Gasteiger charge is 2.07. The molecule has 0 bridgehead atoms. The van der Waals surface area contributed by atoms with E-state index >= 15 is 0 Å². The van der Waals surface area contributed by atoms with Gasteiger partial charge < -0.3 is 0 Å². The highest BCUT2D eigenvalue weighted by atomic mass is 79.9. The molecular weight excluding hydrogens is 288 g/mol. The van der Waals surface area contributed by atoms with Crippen molar-refractivity contribution in [1.82, 2.24) is 4.98 Å². The summed E-state index contributed by atoms with van der Waals surface area (Å²) in [5.74, 6) is -0.137. The van der Waals surface area contributed by atoms with Crippen LogP contribution in [0.1, 0.15) is 15.2 Å². The van der Waals surface area contributed by atoms with Gasteiger partial charge in [0.25, 0.3) is 5.91 Å². The predicted molar refractivity (Wildman–Crippen MR) is 68.9 cm³/mol. The van der Waals surface area contributed by atoms with E-state index in [2.05, 4.69) is 26.2 Å². The average molecular weight is 297 g/mol. The fourth-order valence-electron chi connectivity index (χ4n) is 1.18. The van der Waals surface area contributed by atoms with Gasteiger partial charge in [0.1, 0.15) is 0 Å². The number of aromatic nitrogens is 1. The summed E-state index contributed by atoms with van der Waals surface area (Å²) in [6, 6.07) is 7.20. The zero-order chi connectivity index (χ0) is 11.5. The van der Waals surface area contributed by atoms with Crippen molar-refractivity contribution in [2.75, 3.05) is 5.32 Å². The number of amides is 1. The van der Waals surface area contributed by atoms with Gasteiger partial charge in [0.15, 0.2) is 5.13 Å². The van der Waals surface area contributed by atoms with Crippen molar-refractivity contribution < 1.29 is 4.79 Å². The molecule has 0 aliphatic carbocycles. The second-order valence-corrected chi connectivity index (χ2v) is 5.39. The summed E-state index contributed by atoms with van der Waals surface area (Å²) in [6.07, 6.45) is 1.74. The van der Waals surface area contributed by atoms with Crippen LogP contribution in [0.15, 0.2) is 34.9 Å². The van der Waals surface area contributed by atoms with Crippen molar-refractivity contribution in [1.29, 1.82) is 0 Å². The maximum Gasteiger partial charge on any atom is 0.257 e. The van der Waals surface area contributed by atoms with Gasteiger partial charge in [-0.05, 0) is 31.2 Å². The van der Waals surface area contributed by atoms with Gasteiger partial charge in [-0.15, -0.1) is 11.3 Å². The maximum absolute atomic E-state index is 11.8. The number of thiazole rings is 1. The Morgan fingerprint density at radius 2 is 2.06 bits per heavy atom. The molecule has 0 saturated heterocycles. The van der Waals surface area contributed by atoms with E-state index in [1.807, 2.05) is 19.1 Å². The number of aryl methyl sites for hydroxylation is 1. The average Bonchev–Trinajstić information content (AvgIpc) is 2.65. The van der Waals surface area contributed by atoms with Gasteiger partial charge in [-0.1, -0.05) is 15.9 Å². The summed E-state index contributed by atoms with van der Waals surface area (Å²) in [5.41, 5.74) is 0.621. The number of hydrogen-bond acceptors (Lipinski definition) is 3. The first-order valence-corrected chi connectivity index (χ1v) is 6.25. The molecule has 0 radical (unpaired) electrons. The van der Waals surface area contributed by atoms with Crippen LogP contribution in [0, 0.1) is 6.92 Å². The number of nitrogens with zero attached hydrogens (tertiary/aromatic N) is 1. The Morgan fingerprint density at radius 3 is 2.62 bits per heavy atom. The Hall–Kier alpha value is -1.20. The zero-order valence-electron chi connectivity index (χ0n) is 8.53. The maximum atomic E-state index is 11.8. The largest absolute Gasteiger partial charge is 0.298 e. The number of carbonyl (C=O) groups excluding carboxylic acids is 1. The highest BCUT2D eigenvalue weighted by Crippen LogP contribution is 2.18. The van der Waals surface area contributed by atoms with Gasteiger partial charge in [0.05, 0.1) is 0 Å². The van der Waals surface area contributed by atoms with Gasteiger partial charge in [0, 0.05) is 21.1 Å². The SMILES string of the molecule is Cc1cnc(NC(=O)c2ccc(Br)cc2)s1. The van der Waals surface area contributed by atoms with E-state index < -0.39 is 0 Å². The lowest BCUT2D eigenvalue weighted by Gasteiger charge is -2.01. The third-order valence-corrected chi connectivity index (χ3v) is 3.31. The van der Waals surface area contributed by atoms with Crippen molar-refractivity contribution in [3.8, 4) is 0 Å². The van der Waals surface area contributed by atoms with E-state index in [-0.39, 0.29) is 5.91 Å². The van der Waals surface area contributed by atoms with Gasteiger partial charge in [-0.25, -0.2) is 4.98 Å². The fraction of sp³-hybridized carbons (Fsp3) is 0.0909. The number of hydrogen-bond donors (Lipinski definition) is 1. The normalized spacial score (nSPS) is 10.1. The molecule has 0 atom stereocenters. The topological polar surface area (TPSA) is 42.0 Å². The summed E-state index contributed by atoms with van der Waals surface area (Å²) in [6.45, 7) is 1.95. The minimum atomic E-state index is -0.137. The third kappa shape index (κ3) is 2.68. The Bertz CT molecular complexity index is 507. The molecule has 1 aromatic heterocycles. The molecule has 1 heterocycles. The minimum Gasteiger partial charge on any atom is -0.298 e. The number of halogens is 1. The van der Waals surface area contributed by atoms with Crippen LogP contribution in [0.4, 0.5) is 5.13 Å². The van der Waals surface area contributed by atoms with E-state index in [0.717, 1.165) is 9.35 Å². The van der Waals surface area contributed by atoms with Crippen LogP contribution in [0.2, 0.25) is 0 Å². The monoisotopic (exact) mass is 296 g/mol. The molecule has 1 aromatic carbocycles. The van der Waals surface area contributed by atoms with Crippen LogP contribution >= 0.6 is 27.3 Å². The van der Waals surface area contributed by atoms with E-state index in [9.17, 15) is 4.79 Å². The second kappa shape index (κ2) is 4.76. The van der Waals surface area contributed by atoms with Crippen molar-refractivity contribution in [3.05, 3.63) is 45.4 Å². The molecule has 16 heavy (non-hydrogen) atoms. The zero-order valence-corrected chi connectivity index (χ0v) is 10.9. The van der Waals surface area contributed by atoms with Crippen LogP contribution in [-0.2, 0) is 0 Å². The summed E-state index contributed by atoms with van der Waals surface area (Å²) in [4.78, 5) is 16.9. The lowest BCUT2D eigenvalue weighted by Crippen LogP contribution is -2.11. The van der Waals surface area contributed by atoms with Crippen LogP contribution in [0.5, 0.6) is 0 Å². The second-order valence-electron chi connectivity index (χ2n) is 3.24. The van der Waals surface area contributed by atoms with Crippen molar-refractivity contribution >= 4 is 38.3 Å². The highest BCUT2D eigenvalue weighted by molar-refractivity contribution is 9.10. The van der Waals surface area contributed by atoms with Gasteiger partial charge in [0.2, 0.25) is 0 Å². The minimum absolute atomic E-state index is 0.137. The van der Waals surface area contributed by atoms with Gasteiger partial charge in [-0.2, -0.15) is 0 Å². The quantitative estimate of drug-likeness (QED) is 0.922. The van der Waals surface area contributed by atoms with Gasteiger partial charge in [-0.3, -0.25) is 10.1 Å². The molecule has 0 saturated carbocycles. The molecule has 5 heteroatoms. The first-order chi connectivity index (χ1) is 7.65. The molecule has 0 unspecified atom stereocenters. The molecule has 1 amide bonds. The Morgan fingerprint density at radius 1 is 1.38 bits per heavy atom. The molecule has 2 aromatic rings. The molecule has 0 fully saturated rings. The fourth-order valence-corrected chi connectivity index (χ4v) is 2.11. The summed E-state index contributed by atoms with van der Waals surface area (Å²) in [7, 11) is 0. The number of nitrogens with one attached hydrogen (secondary N) is 1. The van der Waals surface area contributed by atoms with E-state index in [0.29, 0.717) is 10.7 Å². The first kappa shape index (κ1) is 11.3. The van der Waals surface area contributed by atoms with Crippen LogP contribution in [0.3, 0.4) is 0 Å². The molecule has 82 valence electrons. The van der Waals surface area contributed by atoms with Crippen molar-refractivity contribution in [3.63, 3.8) is 0 Å². The van der Waals surface area contributed by atoms with Crippen LogP contribution < -0.4 is 5.32 Å². The molecule has 3 nitrogen and oxygen atoms in total. The number of carbonyl (C=O) groups is 1. The van der Waals surface area contributed by atoms with Gasteiger partial charge >= 0.3 is 0 Å². The van der Waals surface area contributed by atoms with E-state index in [1.54, 1.807) is 18.3 Å². The molecular formula is C11H9BrN2OS. The molecule has 0 spiro atoms. The number of rotatable bonds is 2. The summed E-state index contributed by atoms with van der Waals surface area (Å²) >= 11 is 4.78. The summed E-state index contributed by atoms with van der Waals surface area (Å²) < 4.78 is 0.953. The number of anilines is 1. The van der Waals surface area contributed by atoms with Crippen molar-refractivity contribution in [2.45, 2.75) is 6.92 Å².